The number of imidazole rings is 1. The standard InChI is InChI=1S/C21H22N4O2/c26-21(27)17-8-9-19(23-13-17)24-11-4-7-18(15-24)20-22-10-12-25(20)14-16-5-2-1-3-6-16/h1-3,5-6,8-10,12-13,18H,4,7,11,14-15H2,(H,26,27). The number of nitrogens with zero attached hydrogens (tertiary/aromatic N) is 4. The van der Waals surface area contributed by atoms with Crippen LogP contribution in [0.4, 0.5) is 5.82 Å². The summed E-state index contributed by atoms with van der Waals surface area (Å²) in [4.78, 5) is 22.2. The van der Waals surface area contributed by atoms with Crippen molar-refractivity contribution < 1.29 is 9.90 Å². The maximum Gasteiger partial charge on any atom is 0.337 e. The highest BCUT2D eigenvalue weighted by molar-refractivity contribution is 5.87. The fourth-order valence-corrected chi connectivity index (χ4v) is 3.69. The summed E-state index contributed by atoms with van der Waals surface area (Å²) in [5.41, 5.74) is 1.47. The molecule has 3 aromatic rings. The molecule has 2 aromatic heterocycles. The Morgan fingerprint density at radius 1 is 1.15 bits per heavy atom. The van der Waals surface area contributed by atoms with Gasteiger partial charge in [-0.25, -0.2) is 14.8 Å². The highest BCUT2D eigenvalue weighted by Crippen LogP contribution is 2.28. The normalized spacial score (nSPS) is 17.0. The zero-order valence-electron chi connectivity index (χ0n) is 15.0. The summed E-state index contributed by atoms with van der Waals surface area (Å²) >= 11 is 0. The Kier molecular flexibility index (Phi) is 4.87. The molecule has 0 spiro atoms. The molecule has 4 rings (SSSR count). The Balaban J connectivity index is 1.50. The van der Waals surface area contributed by atoms with Gasteiger partial charge in [-0.3, -0.25) is 0 Å². The van der Waals surface area contributed by atoms with Gasteiger partial charge in [0.05, 0.1) is 5.56 Å². The van der Waals surface area contributed by atoms with Crippen LogP contribution in [0.1, 0.15) is 40.5 Å². The maximum atomic E-state index is 11.0. The largest absolute Gasteiger partial charge is 0.478 e. The van der Waals surface area contributed by atoms with Crippen molar-refractivity contribution in [1.82, 2.24) is 14.5 Å². The van der Waals surface area contributed by atoms with Crippen molar-refractivity contribution in [2.75, 3.05) is 18.0 Å². The van der Waals surface area contributed by atoms with Crippen molar-refractivity contribution in [3.05, 3.63) is 78.0 Å². The second-order valence-electron chi connectivity index (χ2n) is 6.89. The molecule has 1 unspecified atom stereocenters. The summed E-state index contributed by atoms with van der Waals surface area (Å²) in [7, 11) is 0. The molecule has 1 aliphatic rings. The maximum absolute atomic E-state index is 11.0. The van der Waals surface area contributed by atoms with Gasteiger partial charge in [-0.2, -0.15) is 0 Å². The average Bonchev–Trinajstić information content (AvgIpc) is 3.17. The van der Waals surface area contributed by atoms with Crippen molar-refractivity contribution in [2.45, 2.75) is 25.3 Å². The number of aromatic carboxylic acids is 1. The number of carbonyl (C=O) groups is 1. The number of anilines is 1. The fraction of sp³-hybridized carbons (Fsp3) is 0.286. The van der Waals surface area contributed by atoms with E-state index in [1.807, 2.05) is 18.5 Å². The van der Waals surface area contributed by atoms with Gasteiger partial charge in [0.1, 0.15) is 11.6 Å². The number of pyridine rings is 1. The first-order chi connectivity index (χ1) is 13.2. The van der Waals surface area contributed by atoms with Gasteiger partial charge < -0.3 is 14.6 Å². The number of carboxylic acid groups (broad SMARTS) is 1. The van der Waals surface area contributed by atoms with Crippen LogP contribution in [0.15, 0.2) is 61.1 Å². The molecule has 1 saturated heterocycles. The van der Waals surface area contributed by atoms with E-state index in [-0.39, 0.29) is 5.56 Å². The molecule has 6 heteroatoms. The Hall–Kier alpha value is -3.15. The molecule has 0 radical (unpaired) electrons. The number of piperidine rings is 1. The van der Waals surface area contributed by atoms with E-state index in [9.17, 15) is 4.79 Å². The van der Waals surface area contributed by atoms with Crippen LogP contribution in [-0.2, 0) is 6.54 Å². The van der Waals surface area contributed by atoms with Gasteiger partial charge in [0.15, 0.2) is 0 Å². The summed E-state index contributed by atoms with van der Waals surface area (Å²) in [5, 5.41) is 9.04. The van der Waals surface area contributed by atoms with Gasteiger partial charge in [0.25, 0.3) is 0 Å². The van der Waals surface area contributed by atoms with E-state index in [2.05, 4.69) is 43.7 Å². The monoisotopic (exact) mass is 362 g/mol. The summed E-state index contributed by atoms with van der Waals surface area (Å²) in [6, 6.07) is 13.8. The molecule has 1 aromatic carbocycles. The lowest BCUT2D eigenvalue weighted by molar-refractivity contribution is 0.0696. The van der Waals surface area contributed by atoms with Crippen LogP contribution in [0, 0.1) is 0 Å². The topological polar surface area (TPSA) is 71.2 Å². The van der Waals surface area contributed by atoms with Crippen molar-refractivity contribution >= 4 is 11.8 Å². The first-order valence-corrected chi connectivity index (χ1v) is 9.20. The Morgan fingerprint density at radius 2 is 2.00 bits per heavy atom. The molecular weight excluding hydrogens is 340 g/mol. The number of rotatable bonds is 5. The molecule has 0 bridgehead atoms. The van der Waals surface area contributed by atoms with Gasteiger partial charge >= 0.3 is 5.97 Å². The summed E-state index contributed by atoms with van der Waals surface area (Å²) in [5.74, 6) is 1.31. The smallest absolute Gasteiger partial charge is 0.337 e. The van der Waals surface area contributed by atoms with Crippen molar-refractivity contribution in [3.8, 4) is 0 Å². The third kappa shape index (κ3) is 3.84. The second kappa shape index (κ2) is 7.61. The average molecular weight is 362 g/mol. The first kappa shape index (κ1) is 17.3. The minimum absolute atomic E-state index is 0.214. The third-order valence-electron chi connectivity index (χ3n) is 5.05. The van der Waals surface area contributed by atoms with Crippen molar-refractivity contribution in [1.29, 1.82) is 0 Å². The van der Waals surface area contributed by atoms with E-state index in [4.69, 9.17) is 5.11 Å². The van der Waals surface area contributed by atoms with Crippen LogP contribution in [0.25, 0.3) is 0 Å². The molecule has 0 aliphatic carbocycles. The number of carboxylic acids is 1. The highest BCUT2D eigenvalue weighted by Gasteiger charge is 2.25. The zero-order valence-corrected chi connectivity index (χ0v) is 15.0. The van der Waals surface area contributed by atoms with Crippen LogP contribution in [0.5, 0.6) is 0 Å². The lowest BCUT2D eigenvalue weighted by atomic mass is 9.97. The molecule has 0 saturated carbocycles. The molecule has 6 nitrogen and oxygen atoms in total. The number of benzene rings is 1. The third-order valence-corrected chi connectivity index (χ3v) is 5.05. The Morgan fingerprint density at radius 3 is 2.74 bits per heavy atom. The fourth-order valence-electron chi connectivity index (χ4n) is 3.69. The predicted molar refractivity (Wildman–Crippen MR) is 103 cm³/mol. The van der Waals surface area contributed by atoms with E-state index in [1.54, 1.807) is 12.1 Å². The summed E-state index contributed by atoms with van der Waals surface area (Å²) in [6.45, 7) is 2.58. The van der Waals surface area contributed by atoms with Gasteiger partial charge in [0.2, 0.25) is 0 Å². The van der Waals surface area contributed by atoms with Crippen LogP contribution in [0.2, 0.25) is 0 Å². The summed E-state index contributed by atoms with van der Waals surface area (Å²) in [6.07, 6.45) is 7.50. The lowest BCUT2D eigenvalue weighted by Crippen LogP contribution is -2.36. The number of hydrogen-bond donors (Lipinski definition) is 1. The van der Waals surface area contributed by atoms with Gasteiger partial charge in [0, 0.05) is 44.1 Å². The molecule has 1 atom stereocenters. The van der Waals surface area contributed by atoms with E-state index < -0.39 is 5.97 Å². The van der Waals surface area contributed by atoms with Crippen LogP contribution in [-0.4, -0.2) is 38.7 Å². The minimum atomic E-state index is -0.950. The minimum Gasteiger partial charge on any atom is -0.478 e. The van der Waals surface area contributed by atoms with Crippen LogP contribution in [0.3, 0.4) is 0 Å². The Bertz CT molecular complexity index is 905. The molecule has 1 fully saturated rings. The van der Waals surface area contributed by atoms with Gasteiger partial charge in [-0.05, 0) is 30.5 Å². The van der Waals surface area contributed by atoms with Crippen molar-refractivity contribution in [2.24, 2.45) is 0 Å². The SMILES string of the molecule is O=C(O)c1ccc(N2CCCC(c3nccn3Cc3ccccc3)C2)nc1. The molecule has 1 aliphatic heterocycles. The molecule has 27 heavy (non-hydrogen) atoms. The predicted octanol–water partition coefficient (Wildman–Crippen LogP) is 3.41. The van der Waals surface area contributed by atoms with E-state index in [0.717, 1.165) is 44.1 Å². The van der Waals surface area contributed by atoms with E-state index in [0.29, 0.717) is 5.92 Å². The quantitative estimate of drug-likeness (QED) is 0.753. The Labute approximate surface area is 158 Å². The van der Waals surface area contributed by atoms with Gasteiger partial charge in [-0.1, -0.05) is 30.3 Å². The molecule has 0 amide bonds. The van der Waals surface area contributed by atoms with Crippen LogP contribution < -0.4 is 4.90 Å². The van der Waals surface area contributed by atoms with Crippen molar-refractivity contribution in [3.63, 3.8) is 0 Å². The first-order valence-electron chi connectivity index (χ1n) is 9.20. The molecular formula is C21H22N4O2. The van der Waals surface area contributed by atoms with E-state index >= 15 is 0 Å². The zero-order chi connectivity index (χ0) is 18.6. The summed E-state index contributed by atoms with van der Waals surface area (Å²) < 4.78 is 2.23. The highest BCUT2D eigenvalue weighted by atomic mass is 16.4. The van der Waals surface area contributed by atoms with Crippen LogP contribution >= 0.6 is 0 Å². The molecule has 1 N–H and O–H groups in total. The number of aromatic nitrogens is 3. The number of hydrogen-bond acceptors (Lipinski definition) is 4. The van der Waals surface area contributed by atoms with E-state index in [1.165, 1.54) is 11.8 Å². The van der Waals surface area contributed by atoms with Gasteiger partial charge in [-0.15, -0.1) is 0 Å². The second-order valence-corrected chi connectivity index (χ2v) is 6.89. The molecule has 138 valence electrons. The molecule has 3 heterocycles. The lowest BCUT2D eigenvalue weighted by Gasteiger charge is -2.33.